The molecule has 1 atom stereocenters. The van der Waals surface area contributed by atoms with Crippen molar-refractivity contribution in [2.24, 2.45) is 0 Å². The molecule has 1 aromatic carbocycles. The van der Waals surface area contributed by atoms with Crippen molar-refractivity contribution in [2.45, 2.75) is 19.4 Å². The summed E-state index contributed by atoms with van der Waals surface area (Å²) in [6.07, 6.45) is 1.05. The maximum Gasteiger partial charge on any atom is 0.238 e. The molecule has 0 saturated carbocycles. The van der Waals surface area contributed by atoms with Crippen molar-refractivity contribution < 1.29 is 4.79 Å². The number of thiophene rings is 1. The summed E-state index contributed by atoms with van der Waals surface area (Å²) >= 11 is 1.83. The van der Waals surface area contributed by atoms with Crippen LogP contribution in [-0.2, 0) is 11.2 Å². The Balaban J connectivity index is 1.63. The van der Waals surface area contributed by atoms with Gasteiger partial charge < -0.3 is 5.32 Å². The van der Waals surface area contributed by atoms with Crippen molar-refractivity contribution in [1.82, 2.24) is 4.90 Å². The Morgan fingerprint density at radius 2 is 2.15 bits per heavy atom. The molecule has 4 heteroatoms. The zero-order valence-corrected chi connectivity index (χ0v) is 12.3. The Bertz CT molecular complexity index is 594. The summed E-state index contributed by atoms with van der Waals surface area (Å²) in [5.41, 5.74) is 2.24. The number of hydrogen-bond donors (Lipinski definition) is 1. The minimum Gasteiger partial charge on any atom is -0.325 e. The van der Waals surface area contributed by atoms with Gasteiger partial charge in [-0.05, 0) is 42.5 Å². The highest BCUT2D eigenvalue weighted by Gasteiger charge is 2.25. The van der Waals surface area contributed by atoms with Gasteiger partial charge in [0.1, 0.15) is 0 Å². The van der Waals surface area contributed by atoms with Crippen molar-refractivity contribution in [2.75, 3.05) is 18.4 Å². The van der Waals surface area contributed by atoms with Crippen molar-refractivity contribution in [1.29, 1.82) is 0 Å². The van der Waals surface area contributed by atoms with Crippen LogP contribution in [0.15, 0.2) is 41.8 Å². The average molecular weight is 286 g/mol. The maximum absolute atomic E-state index is 12.1. The SMILES string of the molecule is CC1c2ccsc2CCN1CC(=O)Nc1ccccc1. The number of nitrogens with zero attached hydrogens (tertiary/aromatic N) is 1. The predicted octanol–water partition coefficient (Wildman–Crippen LogP) is 3.31. The molecule has 1 unspecified atom stereocenters. The van der Waals surface area contributed by atoms with Crippen LogP contribution in [0.3, 0.4) is 0 Å². The molecule has 20 heavy (non-hydrogen) atoms. The van der Waals surface area contributed by atoms with Gasteiger partial charge >= 0.3 is 0 Å². The van der Waals surface area contributed by atoms with E-state index in [2.05, 4.69) is 28.6 Å². The van der Waals surface area contributed by atoms with Gasteiger partial charge in [0, 0.05) is 23.2 Å². The van der Waals surface area contributed by atoms with Gasteiger partial charge in [0.2, 0.25) is 5.91 Å². The number of anilines is 1. The van der Waals surface area contributed by atoms with E-state index in [1.54, 1.807) is 0 Å². The molecule has 104 valence electrons. The molecule has 1 amide bonds. The number of amides is 1. The number of fused-ring (bicyclic) bond motifs is 1. The summed E-state index contributed by atoms with van der Waals surface area (Å²) in [5.74, 6) is 0.0572. The lowest BCUT2D eigenvalue weighted by Crippen LogP contribution is -2.39. The third kappa shape index (κ3) is 2.76. The number of nitrogens with one attached hydrogen (secondary N) is 1. The second-order valence-electron chi connectivity index (χ2n) is 5.11. The fourth-order valence-corrected chi connectivity index (χ4v) is 3.65. The van der Waals surface area contributed by atoms with Crippen LogP contribution in [0.5, 0.6) is 0 Å². The van der Waals surface area contributed by atoms with E-state index in [0.717, 1.165) is 18.7 Å². The van der Waals surface area contributed by atoms with Crippen LogP contribution in [-0.4, -0.2) is 23.9 Å². The number of carbonyl (C=O) groups is 1. The molecule has 0 radical (unpaired) electrons. The van der Waals surface area contributed by atoms with Crippen LogP contribution < -0.4 is 5.32 Å². The van der Waals surface area contributed by atoms with Crippen molar-refractivity contribution in [3.8, 4) is 0 Å². The van der Waals surface area contributed by atoms with E-state index >= 15 is 0 Å². The predicted molar refractivity (Wildman–Crippen MR) is 83.1 cm³/mol. The van der Waals surface area contributed by atoms with Gasteiger partial charge in [0.15, 0.2) is 0 Å². The highest BCUT2D eigenvalue weighted by atomic mass is 32.1. The number of rotatable bonds is 3. The summed E-state index contributed by atoms with van der Waals surface area (Å²) < 4.78 is 0. The molecular formula is C16H18N2OS. The van der Waals surface area contributed by atoms with E-state index in [1.807, 2.05) is 41.7 Å². The third-order valence-electron chi connectivity index (χ3n) is 3.81. The molecule has 0 fully saturated rings. The molecular weight excluding hydrogens is 268 g/mol. The topological polar surface area (TPSA) is 32.3 Å². The van der Waals surface area contributed by atoms with Crippen molar-refractivity contribution in [3.05, 3.63) is 52.2 Å². The van der Waals surface area contributed by atoms with Crippen LogP contribution in [0.1, 0.15) is 23.4 Å². The number of carbonyl (C=O) groups excluding carboxylic acids is 1. The van der Waals surface area contributed by atoms with Crippen molar-refractivity contribution >= 4 is 22.9 Å². The lowest BCUT2D eigenvalue weighted by Gasteiger charge is -2.32. The molecule has 3 rings (SSSR count). The van der Waals surface area contributed by atoms with E-state index in [1.165, 1.54) is 10.4 Å². The Morgan fingerprint density at radius 3 is 2.95 bits per heavy atom. The van der Waals surface area contributed by atoms with E-state index in [0.29, 0.717) is 12.6 Å². The normalized spacial score (nSPS) is 18.6. The monoisotopic (exact) mass is 286 g/mol. The first-order chi connectivity index (χ1) is 9.74. The Hall–Kier alpha value is -1.65. The first-order valence-corrected chi connectivity index (χ1v) is 7.77. The Morgan fingerprint density at radius 1 is 1.35 bits per heavy atom. The molecule has 0 aliphatic carbocycles. The van der Waals surface area contributed by atoms with E-state index in [9.17, 15) is 4.79 Å². The van der Waals surface area contributed by atoms with E-state index in [4.69, 9.17) is 0 Å². The highest BCUT2D eigenvalue weighted by molar-refractivity contribution is 7.10. The summed E-state index contributed by atoms with van der Waals surface area (Å²) in [4.78, 5) is 15.8. The molecule has 1 aromatic heterocycles. The third-order valence-corrected chi connectivity index (χ3v) is 4.80. The second kappa shape index (κ2) is 5.77. The van der Waals surface area contributed by atoms with Gasteiger partial charge in [0.05, 0.1) is 6.54 Å². The summed E-state index contributed by atoms with van der Waals surface area (Å²) in [7, 11) is 0. The van der Waals surface area contributed by atoms with Crippen molar-refractivity contribution in [3.63, 3.8) is 0 Å². The molecule has 2 aromatic rings. The van der Waals surface area contributed by atoms with Crippen LogP contribution in [0.2, 0.25) is 0 Å². The lowest BCUT2D eigenvalue weighted by molar-refractivity contribution is -0.117. The molecule has 0 spiro atoms. The molecule has 1 N–H and O–H groups in total. The Kier molecular flexibility index (Phi) is 3.85. The van der Waals surface area contributed by atoms with Gasteiger partial charge in [-0.15, -0.1) is 11.3 Å². The number of para-hydroxylation sites is 1. The van der Waals surface area contributed by atoms with Crippen LogP contribution in [0, 0.1) is 0 Å². The van der Waals surface area contributed by atoms with Crippen LogP contribution in [0.25, 0.3) is 0 Å². The summed E-state index contributed by atoms with van der Waals surface area (Å²) in [6, 6.07) is 12.1. The quantitative estimate of drug-likeness (QED) is 0.939. The van der Waals surface area contributed by atoms with Crippen LogP contribution in [0.4, 0.5) is 5.69 Å². The zero-order valence-electron chi connectivity index (χ0n) is 11.5. The maximum atomic E-state index is 12.1. The molecule has 2 heterocycles. The molecule has 1 aliphatic rings. The van der Waals surface area contributed by atoms with Gasteiger partial charge in [0.25, 0.3) is 0 Å². The summed E-state index contributed by atoms with van der Waals surface area (Å²) in [5, 5.41) is 5.10. The molecule has 0 saturated heterocycles. The van der Waals surface area contributed by atoms with E-state index in [-0.39, 0.29) is 5.91 Å². The van der Waals surface area contributed by atoms with Crippen LogP contribution >= 0.6 is 11.3 Å². The first kappa shape index (κ1) is 13.3. The van der Waals surface area contributed by atoms with Gasteiger partial charge in [-0.25, -0.2) is 0 Å². The standard InChI is InChI=1S/C16H18N2OS/c1-12-14-8-10-20-15(14)7-9-18(12)11-16(19)17-13-5-3-2-4-6-13/h2-6,8,10,12H,7,9,11H2,1H3,(H,17,19). The van der Waals surface area contributed by atoms with Gasteiger partial charge in [-0.3, -0.25) is 9.69 Å². The zero-order chi connectivity index (χ0) is 13.9. The number of hydrogen-bond acceptors (Lipinski definition) is 3. The summed E-state index contributed by atoms with van der Waals surface area (Å²) in [6.45, 7) is 3.59. The first-order valence-electron chi connectivity index (χ1n) is 6.89. The molecule has 3 nitrogen and oxygen atoms in total. The largest absolute Gasteiger partial charge is 0.325 e. The lowest BCUT2D eigenvalue weighted by atomic mass is 10.0. The molecule has 0 bridgehead atoms. The minimum absolute atomic E-state index is 0.0572. The van der Waals surface area contributed by atoms with Gasteiger partial charge in [-0.2, -0.15) is 0 Å². The average Bonchev–Trinajstić information content (AvgIpc) is 2.92. The number of benzene rings is 1. The fourth-order valence-electron chi connectivity index (χ4n) is 2.68. The second-order valence-corrected chi connectivity index (χ2v) is 6.11. The fraction of sp³-hybridized carbons (Fsp3) is 0.312. The molecule has 1 aliphatic heterocycles. The smallest absolute Gasteiger partial charge is 0.238 e. The van der Waals surface area contributed by atoms with E-state index < -0.39 is 0 Å². The van der Waals surface area contributed by atoms with Gasteiger partial charge in [-0.1, -0.05) is 18.2 Å². The Labute approximate surface area is 123 Å². The minimum atomic E-state index is 0.0572. The highest BCUT2D eigenvalue weighted by Crippen LogP contribution is 2.32.